The van der Waals surface area contributed by atoms with E-state index >= 15 is 0 Å². The largest absolute Gasteiger partial charge is 0.393 e. The molecule has 0 saturated carbocycles. The fraction of sp³-hybridized carbons (Fsp3) is 0.857. The summed E-state index contributed by atoms with van der Waals surface area (Å²) in [5.41, 5.74) is 5.42. The Kier molecular flexibility index (Phi) is 10.7. The van der Waals surface area contributed by atoms with Gasteiger partial charge in [0, 0.05) is 6.61 Å². The molecule has 0 amide bonds. The summed E-state index contributed by atoms with van der Waals surface area (Å²) in [7, 11) is 0. The van der Waals surface area contributed by atoms with Gasteiger partial charge in [-0.25, -0.2) is 0 Å². The van der Waals surface area contributed by atoms with Gasteiger partial charge in [0.15, 0.2) is 0 Å². The highest BCUT2D eigenvalue weighted by Gasteiger charge is 2.00. The van der Waals surface area contributed by atoms with Gasteiger partial charge >= 0.3 is 0 Å². The van der Waals surface area contributed by atoms with Gasteiger partial charge in [0.1, 0.15) is 12.8 Å². The minimum atomic E-state index is -0.140. The van der Waals surface area contributed by atoms with Gasteiger partial charge in [-0.15, -0.1) is 12.4 Å². The third-order valence-electron chi connectivity index (χ3n) is 1.06. The Hall–Kier alpha value is -0.680. The van der Waals surface area contributed by atoms with Crippen LogP contribution in [0.2, 0.25) is 0 Å². The fourth-order valence-corrected chi connectivity index (χ4v) is 0.660. The molecule has 1 unspecified atom stereocenters. The quantitative estimate of drug-likeness (QED) is 0.303. The van der Waals surface area contributed by atoms with Crippen molar-refractivity contribution < 1.29 is 9.57 Å². The average Bonchev–Trinajstić information content (AvgIpc) is 2.01. The second-order valence-electron chi connectivity index (χ2n) is 2.14. The second-order valence-corrected chi connectivity index (χ2v) is 2.14. The first kappa shape index (κ1) is 14.8. The fourth-order valence-electron chi connectivity index (χ4n) is 0.660. The van der Waals surface area contributed by atoms with Crippen molar-refractivity contribution in [2.45, 2.75) is 27.0 Å². The molecule has 0 bridgehead atoms. The van der Waals surface area contributed by atoms with Crippen LogP contribution < -0.4 is 11.1 Å². The van der Waals surface area contributed by atoms with Gasteiger partial charge < -0.3 is 20.6 Å². The number of nitrogens with one attached hydrogen (secondary N) is 1. The van der Waals surface area contributed by atoms with Crippen LogP contribution in [-0.4, -0.2) is 25.4 Å². The molecule has 0 rings (SSSR count). The van der Waals surface area contributed by atoms with E-state index in [-0.39, 0.29) is 24.6 Å². The van der Waals surface area contributed by atoms with E-state index in [1.54, 1.807) is 0 Å². The summed E-state index contributed by atoms with van der Waals surface area (Å²) in [4.78, 5) is 4.72. The zero-order valence-electron chi connectivity index (χ0n) is 8.24. The lowest BCUT2D eigenvalue weighted by Gasteiger charge is -2.13. The summed E-state index contributed by atoms with van der Waals surface area (Å²) < 4.78 is 5.16. The number of halogens is 1. The lowest BCUT2D eigenvalue weighted by atomic mass is 10.6. The lowest BCUT2D eigenvalue weighted by molar-refractivity contribution is 0.0641. The number of nitrogens with zero attached hydrogens (tertiary/aromatic N) is 1. The summed E-state index contributed by atoms with van der Waals surface area (Å²) in [5, 5.41) is 6.36. The highest BCUT2D eigenvalue weighted by atomic mass is 35.5. The molecule has 80 valence electrons. The first-order chi connectivity index (χ1) is 5.70. The van der Waals surface area contributed by atoms with Crippen LogP contribution in [0.1, 0.15) is 20.8 Å². The van der Waals surface area contributed by atoms with Crippen molar-refractivity contribution in [3.05, 3.63) is 0 Å². The number of nitrogens with two attached hydrogens (primary N) is 1. The third-order valence-corrected chi connectivity index (χ3v) is 1.06. The SMILES string of the molecule is CCON=C(N)NC(C)OCC.Cl. The standard InChI is InChI=1S/C7H17N3O2.ClH/c1-4-11-6(3)9-7(8)10-12-5-2;/h6H,4-5H2,1-3H3,(H3,8,9,10);1H. The zero-order chi connectivity index (χ0) is 9.40. The number of guanidine groups is 1. The number of ether oxygens (including phenoxy) is 1. The number of rotatable bonds is 5. The van der Waals surface area contributed by atoms with Crippen LogP contribution in [0.5, 0.6) is 0 Å². The van der Waals surface area contributed by atoms with Gasteiger partial charge in [-0.05, 0) is 25.9 Å². The number of hydrogen-bond acceptors (Lipinski definition) is 3. The van der Waals surface area contributed by atoms with E-state index in [2.05, 4.69) is 10.5 Å². The second kappa shape index (κ2) is 9.41. The predicted molar refractivity (Wildman–Crippen MR) is 54.7 cm³/mol. The predicted octanol–water partition coefficient (Wildman–Crippen LogP) is 0.647. The molecule has 0 aliphatic heterocycles. The molecule has 0 aromatic heterocycles. The summed E-state index contributed by atoms with van der Waals surface area (Å²) in [6.07, 6.45) is -0.140. The van der Waals surface area contributed by atoms with Crippen LogP contribution in [0.3, 0.4) is 0 Å². The van der Waals surface area contributed by atoms with Crippen LogP contribution in [0.15, 0.2) is 5.16 Å². The topological polar surface area (TPSA) is 68.9 Å². The molecule has 0 fully saturated rings. The first-order valence-corrected chi connectivity index (χ1v) is 4.04. The van der Waals surface area contributed by atoms with Crippen molar-refractivity contribution in [1.82, 2.24) is 5.32 Å². The van der Waals surface area contributed by atoms with Gasteiger partial charge in [0.05, 0.1) is 0 Å². The zero-order valence-corrected chi connectivity index (χ0v) is 9.06. The van der Waals surface area contributed by atoms with Crippen molar-refractivity contribution in [3.63, 3.8) is 0 Å². The van der Waals surface area contributed by atoms with E-state index in [4.69, 9.17) is 15.3 Å². The van der Waals surface area contributed by atoms with Crippen molar-refractivity contribution in [2.75, 3.05) is 13.2 Å². The summed E-state index contributed by atoms with van der Waals surface area (Å²) in [6.45, 7) is 6.73. The molecular formula is C7H18ClN3O2. The molecule has 0 aliphatic rings. The smallest absolute Gasteiger partial charge is 0.232 e. The molecule has 0 spiro atoms. The Morgan fingerprint density at radius 2 is 2.08 bits per heavy atom. The van der Waals surface area contributed by atoms with Gasteiger partial charge in [-0.3, -0.25) is 0 Å². The van der Waals surface area contributed by atoms with E-state index in [0.717, 1.165) is 0 Å². The van der Waals surface area contributed by atoms with Crippen molar-refractivity contribution in [2.24, 2.45) is 10.9 Å². The maximum absolute atomic E-state index is 5.42. The van der Waals surface area contributed by atoms with Gasteiger partial charge in [-0.2, -0.15) is 0 Å². The molecule has 0 heterocycles. The highest BCUT2D eigenvalue weighted by Crippen LogP contribution is 1.83. The van der Waals surface area contributed by atoms with Crippen molar-refractivity contribution in [1.29, 1.82) is 0 Å². The van der Waals surface area contributed by atoms with Crippen molar-refractivity contribution >= 4 is 18.4 Å². The van der Waals surface area contributed by atoms with Gasteiger partial charge in [-0.1, -0.05) is 0 Å². The molecule has 0 aromatic carbocycles. The van der Waals surface area contributed by atoms with Crippen molar-refractivity contribution in [3.8, 4) is 0 Å². The van der Waals surface area contributed by atoms with Crippen LogP contribution >= 0.6 is 12.4 Å². The summed E-state index contributed by atoms with van der Waals surface area (Å²) in [5.74, 6) is 0.234. The highest BCUT2D eigenvalue weighted by molar-refractivity contribution is 5.85. The Labute approximate surface area is 85.0 Å². The van der Waals surface area contributed by atoms with E-state index in [1.165, 1.54) is 0 Å². The first-order valence-electron chi connectivity index (χ1n) is 4.04. The summed E-state index contributed by atoms with van der Waals surface area (Å²) in [6, 6.07) is 0. The molecule has 13 heavy (non-hydrogen) atoms. The van der Waals surface area contributed by atoms with Crippen LogP contribution in [0.25, 0.3) is 0 Å². The molecule has 1 atom stereocenters. The van der Waals surface area contributed by atoms with Crippen LogP contribution in [0, 0.1) is 0 Å². The lowest BCUT2D eigenvalue weighted by Crippen LogP contribution is -2.39. The molecule has 0 aliphatic carbocycles. The normalized spacial score (nSPS) is 13.0. The van der Waals surface area contributed by atoms with E-state index < -0.39 is 0 Å². The van der Waals surface area contributed by atoms with Gasteiger partial charge in [0.2, 0.25) is 5.96 Å². The minimum Gasteiger partial charge on any atom is -0.393 e. The average molecular weight is 212 g/mol. The Balaban J connectivity index is 0. The van der Waals surface area contributed by atoms with Crippen LogP contribution in [-0.2, 0) is 9.57 Å². The maximum Gasteiger partial charge on any atom is 0.232 e. The third kappa shape index (κ3) is 9.23. The number of hydrogen-bond donors (Lipinski definition) is 2. The van der Waals surface area contributed by atoms with E-state index in [9.17, 15) is 0 Å². The maximum atomic E-state index is 5.42. The Morgan fingerprint density at radius 1 is 1.46 bits per heavy atom. The van der Waals surface area contributed by atoms with E-state index in [1.807, 2.05) is 20.8 Å². The molecular weight excluding hydrogens is 194 g/mol. The molecule has 0 aromatic rings. The number of oxime groups is 1. The monoisotopic (exact) mass is 211 g/mol. The van der Waals surface area contributed by atoms with Gasteiger partial charge in [0.25, 0.3) is 0 Å². The molecule has 3 N–H and O–H groups in total. The van der Waals surface area contributed by atoms with Crippen LogP contribution in [0.4, 0.5) is 0 Å². The minimum absolute atomic E-state index is 0. The molecule has 0 saturated heterocycles. The molecule has 0 radical (unpaired) electrons. The summed E-state index contributed by atoms with van der Waals surface area (Å²) >= 11 is 0. The molecule has 5 nitrogen and oxygen atoms in total. The van der Waals surface area contributed by atoms with E-state index in [0.29, 0.717) is 13.2 Å². The Morgan fingerprint density at radius 3 is 2.54 bits per heavy atom. The molecule has 6 heteroatoms. The Bertz CT molecular complexity index is 144.